The van der Waals surface area contributed by atoms with Crippen LogP contribution in [0.4, 0.5) is 12.9 Å². The summed E-state index contributed by atoms with van der Waals surface area (Å²) in [7, 11) is -1.98. The Kier molecular flexibility index (Phi) is 5.84. The van der Waals surface area contributed by atoms with E-state index < -0.39 is 7.54 Å². The van der Waals surface area contributed by atoms with Gasteiger partial charge in [0.05, 0.1) is 7.11 Å². The van der Waals surface area contributed by atoms with Gasteiger partial charge in [-0.25, -0.2) is 0 Å². The van der Waals surface area contributed by atoms with Crippen molar-refractivity contribution in [2.75, 3.05) is 7.11 Å². The SMILES string of the molecule is COc1ccccc1C.FB(F)F. The van der Waals surface area contributed by atoms with Crippen LogP contribution in [-0.2, 0) is 0 Å². The van der Waals surface area contributed by atoms with Crippen LogP contribution in [0.3, 0.4) is 0 Å². The standard InChI is InChI=1S/C8H10O.BF3/c1-7-5-3-4-6-8(7)9-2;2-1(3)4/h3-6H,1-2H3;. The van der Waals surface area contributed by atoms with Crippen molar-refractivity contribution >= 4 is 7.54 Å². The Morgan fingerprint density at radius 1 is 1.15 bits per heavy atom. The summed E-state index contributed by atoms with van der Waals surface area (Å²) in [5, 5.41) is 0. The largest absolute Gasteiger partial charge is 0.762 e. The van der Waals surface area contributed by atoms with Crippen molar-refractivity contribution in [2.45, 2.75) is 6.92 Å². The minimum absolute atomic E-state index is 0.956. The first-order valence-electron chi connectivity index (χ1n) is 3.59. The highest BCUT2D eigenvalue weighted by molar-refractivity contribution is 6.33. The van der Waals surface area contributed by atoms with Gasteiger partial charge in [-0.15, -0.1) is 0 Å². The summed E-state index contributed by atoms with van der Waals surface area (Å²) >= 11 is 0. The summed E-state index contributed by atoms with van der Waals surface area (Å²) in [4.78, 5) is 0. The molecule has 0 N–H and O–H groups in total. The van der Waals surface area contributed by atoms with Gasteiger partial charge >= 0.3 is 7.54 Å². The van der Waals surface area contributed by atoms with Crippen molar-refractivity contribution in [2.24, 2.45) is 0 Å². The van der Waals surface area contributed by atoms with Crippen molar-refractivity contribution in [1.29, 1.82) is 0 Å². The van der Waals surface area contributed by atoms with E-state index in [0.717, 1.165) is 5.75 Å². The molecule has 0 aliphatic rings. The van der Waals surface area contributed by atoms with E-state index in [0.29, 0.717) is 0 Å². The summed E-state index contributed by atoms with van der Waals surface area (Å²) in [6.07, 6.45) is 0. The molecule has 13 heavy (non-hydrogen) atoms. The van der Waals surface area contributed by atoms with E-state index in [9.17, 15) is 12.9 Å². The van der Waals surface area contributed by atoms with E-state index in [1.165, 1.54) is 5.56 Å². The molecular formula is C8H10BF3O. The van der Waals surface area contributed by atoms with Gasteiger partial charge in [0.2, 0.25) is 0 Å². The van der Waals surface area contributed by atoms with Crippen LogP contribution in [0.5, 0.6) is 5.75 Å². The van der Waals surface area contributed by atoms with E-state index in [2.05, 4.69) is 0 Å². The van der Waals surface area contributed by atoms with Gasteiger partial charge in [-0.3, -0.25) is 12.9 Å². The smallest absolute Gasteiger partial charge is 0.496 e. The van der Waals surface area contributed by atoms with E-state index in [1.54, 1.807) is 7.11 Å². The first-order chi connectivity index (χ1) is 6.07. The second-order valence-corrected chi connectivity index (χ2v) is 2.22. The molecule has 0 radical (unpaired) electrons. The molecule has 1 rings (SSSR count). The maximum Gasteiger partial charge on any atom is 0.762 e. The van der Waals surface area contributed by atoms with Crippen molar-refractivity contribution in [1.82, 2.24) is 0 Å². The Bertz CT molecular complexity index is 240. The minimum atomic E-state index is -3.67. The van der Waals surface area contributed by atoms with Crippen LogP contribution >= 0.6 is 0 Å². The molecular weight excluding hydrogens is 180 g/mol. The Labute approximate surface area is 75.7 Å². The lowest BCUT2D eigenvalue weighted by molar-refractivity contribution is 0.411. The monoisotopic (exact) mass is 190 g/mol. The number of para-hydroxylation sites is 1. The van der Waals surface area contributed by atoms with Gasteiger partial charge in [0.25, 0.3) is 0 Å². The summed E-state index contributed by atoms with van der Waals surface area (Å²) in [6, 6.07) is 7.94. The average Bonchev–Trinajstić information content (AvgIpc) is 2.04. The van der Waals surface area contributed by atoms with Crippen LogP contribution in [0.1, 0.15) is 5.56 Å². The zero-order valence-corrected chi connectivity index (χ0v) is 7.43. The molecule has 0 aromatic heterocycles. The van der Waals surface area contributed by atoms with Crippen molar-refractivity contribution in [3.05, 3.63) is 29.8 Å². The van der Waals surface area contributed by atoms with Gasteiger partial charge in [0.1, 0.15) is 5.75 Å². The van der Waals surface area contributed by atoms with Crippen LogP contribution in [0.25, 0.3) is 0 Å². The van der Waals surface area contributed by atoms with Crippen LogP contribution in [0.15, 0.2) is 24.3 Å². The number of rotatable bonds is 1. The Morgan fingerprint density at radius 3 is 1.92 bits per heavy atom. The quantitative estimate of drug-likeness (QED) is 0.618. The van der Waals surface area contributed by atoms with E-state index in [4.69, 9.17) is 4.74 Å². The molecule has 0 unspecified atom stereocenters. The molecule has 0 saturated carbocycles. The van der Waals surface area contributed by atoms with Crippen molar-refractivity contribution in [3.8, 4) is 5.75 Å². The third kappa shape index (κ3) is 6.07. The Hall–Kier alpha value is -1.13. The molecule has 0 heterocycles. The molecule has 0 amide bonds. The third-order valence-electron chi connectivity index (χ3n) is 1.31. The van der Waals surface area contributed by atoms with Gasteiger partial charge in [0, 0.05) is 0 Å². The topological polar surface area (TPSA) is 9.23 Å². The first kappa shape index (κ1) is 11.9. The van der Waals surface area contributed by atoms with Crippen LogP contribution in [0.2, 0.25) is 0 Å². The molecule has 0 fully saturated rings. The second-order valence-electron chi connectivity index (χ2n) is 2.22. The molecule has 0 spiro atoms. The van der Waals surface area contributed by atoms with E-state index >= 15 is 0 Å². The second kappa shape index (κ2) is 6.40. The zero-order chi connectivity index (χ0) is 10.3. The van der Waals surface area contributed by atoms with Crippen molar-refractivity contribution in [3.63, 3.8) is 0 Å². The number of hydrogen-bond acceptors (Lipinski definition) is 1. The van der Waals surface area contributed by atoms with Gasteiger partial charge in [-0.05, 0) is 18.6 Å². The first-order valence-corrected chi connectivity index (χ1v) is 3.59. The predicted molar refractivity (Wildman–Crippen MR) is 46.8 cm³/mol. The number of aryl methyl sites for hydroxylation is 1. The minimum Gasteiger partial charge on any atom is -0.496 e. The highest BCUT2D eigenvalue weighted by Gasteiger charge is 2.06. The van der Waals surface area contributed by atoms with Crippen LogP contribution in [-0.4, -0.2) is 14.7 Å². The summed E-state index contributed by atoms with van der Waals surface area (Å²) < 4.78 is 34.0. The van der Waals surface area contributed by atoms with Crippen LogP contribution in [0, 0.1) is 6.92 Å². The molecule has 72 valence electrons. The zero-order valence-electron chi connectivity index (χ0n) is 7.43. The summed E-state index contributed by atoms with van der Waals surface area (Å²) in [6.45, 7) is 2.03. The third-order valence-corrected chi connectivity index (χ3v) is 1.31. The van der Waals surface area contributed by atoms with Crippen LogP contribution < -0.4 is 4.74 Å². The normalized spacial score (nSPS) is 8.38. The van der Waals surface area contributed by atoms with Gasteiger partial charge < -0.3 is 4.74 Å². The Morgan fingerprint density at radius 2 is 1.62 bits per heavy atom. The molecule has 0 aliphatic carbocycles. The fourth-order valence-corrected chi connectivity index (χ4v) is 0.785. The molecule has 0 aliphatic heterocycles. The number of methoxy groups -OCH3 is 1. The summed E-state index contributed by atoms with van der Waals surface area (Å²) in [5.74, 6) is 0.956. The molecule has 0 bridgehead atoms. The summed E-state index contributed by atoms with van der Waals surface area (Å²) in [5.41, 5.74) is 1.18. The maximum absolute atomic E-state index is 9.67. The fraction of sp³-hybridized carbons (Fsp3) is 0.250. The predicted octanol–water partition coefficient (Wildman–Crippen LogP) is 2.88. The molecule has 1 aromatic rings. The lowest BCUT2D eigenvalue weighted by Crippen LogP contribution is -1.84. The van der Waals surface area contributed by atoms with E-state index in [1.807, 2.05) is 31.2 Å². The van der Waals surface area contributed by atoms with Gasteiger partial charge in [-0.2, -0.15) is 0 Å². The average molecular weight is 190 g/mol. The molecule has 1 aromatic carbocycles. The number of benzene rings is 1. The molecule has 1 nitrogen and oxygen atoms in total. The Balaban J connectivity index is 0.000000310. The maximum atomic E-state index is 9.67. The van der Waals surface area contributed by atoms with Gasteiger partial charge in [-0.1, -0.05) is 18.2 Å². The molecule has 5 heteroatoms. The highest BCUT2D eigenvalue weighted by Crippen LogP contribution is 2.14. The lowest BCUT2D eigenvalue weighted by Gasteiger charge is -2.00. The van der Waals surface area contributed by atoms with E-state index in [-0.39, 0.29) is 0 Å². The number of hydrogen-bond donors (Lipinski definition) is 0. The highest BCUT2D eigenvalue weighted by atomic mass is 19.4. The molecule has 0 atom stereocenters. The fourth-order valence-electron chi connectivity index (χ4n) is 0.785. The number of halogens is 3. The number of ether oxygens (including phenoxy) is 1. The lowest BCUT2D eigenvalue weighted by atomic mass is 10.2. The molecule has 0 saturated heterocycles. The van der Waals surface area contributed by atoms with Gasteiger partial charge in [0.15, 0.2) is 0 Å². The van der Waals surface area contributed by atoms with Crippen molar-refractivity contribution < 1.29 is 17.7 Å².